The standard InChI is InChI=1S/C7H12O3.3C5H8O3.Al.3H/c1-4(2)6(5(3)8)7(9)10;3*1-3(4(2)6)5(7)8;;;;/h4,6H,1-3H3,(H,9,10);3*3H,1-2H3,(H,7,8);;;;. The number of carbonyl (C=O) groups is 8. The maximum atomic E-state index is 10.6. The highest BCUT2D eigenvalue weighted by atomic mass is 27.0. The molecule has 0 amide bonds. The Balaban J connectivity index is -0.000000114. The number of aliphatic carboxylic acids is 4. The van der Waals surface area contributed by atoms with E-state index in [1.807, 2.05) is 0 Å². The molecule has 0 aromatic rings. The molecule has 12 nitrogen and oxygen atoms in total. The van der Waals surface area contributed by atoms with Gasteiger partial charge in [-0.1, -0.05) is 13.8 Å². The molecular weight excluding hydrogens is 483 g/mol. The zero-order valence-corrected chi connectivity index (χ0v) is 20.9. The van der Waals surface area contributed by atoms with Crippen LogP contribution in [0.3, 0.4) is 0 Å². The van der Waals surface area contributed by atoms with Gasteiger partial charge >= 0.3 is 23.9 Å². The summed E-state index contributed by atoms with van der Waals surface area (Å²) in [4.78, 5) is 81.4. The Labute approximate surface area is 215 Å². The van der Waals surface area contributed by atoms with Crippen molar-refractivity contribution < 1.29 is 58.8 Å². The molecule has 202 valence electrons. The Bertz CT molecular complexity index is 630. The molecule has 0 saturated carbocycles. The highest BCUT2D eigenvalue weighted by Crippen LogP contribution is 2.11. The van der Waals surface area contributed by atoms with Gasteiger partial charge in [0.2, 0.25) is 0 Å². The van der Waals surface area contributed by atoms with Crippen LogP contribution in [0.5, 0.6) is 0 Å². The van der Waals surface area contributed by atoms with E-state index in [9.17, 15) is 38.4 Å². The lowest BCUT2D eigenvalue weighted by atomic mass is 9.93. The van der Waals surface area contributed by atoms with E-state index in [0.29, 0.717) is 0 Å². The number of ketones is 4. The minimum absolute atomic E-state index is 0. The van der Waals surface area contributed by atoms with E-state index in [1.54, 1.807) is 13.8 Å². The van der Waals surface area contributed by atoms with Crippen LogP contribution in [0.15, 0.2) is 0 Å². The molecule has 0 spiro atoms. The predicted molar refractivity (Wildman–Crippen MR) is 129 cm³/mol. The lowest BCUT2D eigenvalue weighted by Gasteiger charge is -2.11. The number of carboxylic acid groups (broad SMARTS) is 4. The van der Waals surface area contributed by atoms with Crippen LogP contribution in [0.25, 0.3) is 0 Å². The first-order valence-corrected chi connectivity index (χ1v) is 10.1. The molecule has 4 N–H and O–H groups in total. The zero-order valence-electron chi connectivity index (χ0n) is 20.9. The van der Waals surface area contributed by atoms with Crippen molar-refractivity contribution in [1.82, 2.24) is 0 Å². The molecular formula is C22H39AlO12. The minimum atomic E-state index is -1.06. The highest BCUT2D eigenvalue weighted by molar-refractivity contribution is 5.98. The largest absolute Gasteiger partial charge is 0.481 e. The summed E-state index contributed by atoms with van der Waals surface area (Å²) in [6, 6.07) is 0. The smallest absolute Gasteiger partial charge is 0.314 e. The van der Waals surface area contributed by atoms with Crippen molar-refractivity contribution in [2.45, 2.75) is 62.3 Å². The average Bonchev–Trinajstić information content (AvgIpc) is 2.65. The Kier molecular flexibility index (Phi) is 26.1. The summed E-state index contributed by atoms with van der Waals surface area (Å²) < 4.78 is 0. The van der Waals surface area contributed by atoms with Crippen molar-refractivity contribution >= 4 is 64.4 Å². The van der Waals surface area contributed by atoms with Gasteiger partial charge in [0, 0.05) is 0 Å². The first-order valence-electron chi connectivity index (χ1n) is 10.1. The van der Waals surface area contributed by atoms with Crippen molar-refractivity contribution in [2.24, 2.45) is 29.6 Å². The van der Waals surface area contributed by atoms with Gasteiger partial charge in [0.25, 0.3) is 0 Å². The molecule has 13 heteroatoms. The van der Waals surface area contributed by atoms with Crippen LogP contribution in [0.1, 0.15) is 62.3 Å². The number of hydrogen-bond donors (Lipinski definition) is 4. The van der Waals surface area contributed by atoms with Crippen LogP contribution in [-0.2, 0) is 38.4 Å². The molecule has 0 bridgehead atoms. The second-order valence-corrected chi connectivity index (χ2v) is 7.68. The Morgan fingerprint density at radius 1 is 0.429 bits per heavy atom. The molecule has 35 heavy (non-hydrogen) atoms. The number of carbonyl (C=O) groups excluding carboxylic acids is 4. The predicted octanol–water partition coefficient (Wildman–Crippen LogP) is 0.637. The van der Waals surface area contributed by atoms with E-state index < -0.39 is 47.5 Å². The van der Waals surface area contributed by atoms with Crippen molar-refractivity contribution in [3.8, 4) is 0 Å². The lowest BCUT2D eigenvalue weighted by molar-refractivity contribution is -0.148. The SMILES string of the molecule is CC(=O)C(C(=O)O)C(C)C.CC(=O)C(C)C(=O)O.CC(=O)C(C)C(=O)O.CC(=O)C(C)C(=O)O.[AlH3]. The first-order chi connectivity index (χ1) is 15.1. The van der Waals surface area contributed by atoms with Crippen LogP contribution < -0.4 is 0 Å². The molecule has 0 saturated heterocycles. The van der Waals surface area contributed by atoms with Crippen LogP contribution in [0, 0.1) is 29.6 Å². The van der Waals surface area contributed by atoms with Gasteiger partial charge in [0.1, 0.15) is 46.8 Å². The van der Waals surface area contributed by atoms with Gasteiger partial charge in [-0.25, -0.2) is 0 Å². The summed E-state index contributed by atoms with van der Waals surface area (Å²) in [6.45, 7) is 12.6. The zero-order chi connectivity index (χ0) is 28.5. The molecule has 0 aliphatic heterocycles. The van der Waals surface area contributed by atoms with E-state index in [4.69, 9.17) is 20.4 Å². The lowest BCUT2D eigenvalue weighted by Crippen LogP contribution is -2.26. The third-order valence-electron chi connectivity index (χ3n) is 4.31. The fraction of sp³-hybridized carbons (Fsp3) is 0.636. The number of rotatable bonds is 9. The number of carboxylic acids is 4. The molecule has 4 unspecified atom stereocenters. The summed E-state index contributed by atoms with van der Waals surface area (Å²) >= 11 is 0. The van der Waals surface area contributed by atoms with Crippen molar-refractivity contribution in [2.75, 3.05) is 0 Å². The summed E-state index contributed by atoms with van der Waals surface area (Å²) in [5.41, 5.74) is 0. The van der Waals surface area contributed by atoms with Crippen molar-refractivity contribution in [1.29, 1.82) is 0 Å². The summed E-state index contributed by atoms with van der Waals surface area (Å²) in [5.74, 6) is -8.90. The second-order valence-electron chi connectivity index (χ2n) is 7.68. The summed E-state index contributed by atoms with van der Waals surface area (Å²) in [5, 5.41) is 32.9. The van der Waals surface area contributed by atoms with Gasteiger partial charge in [0.05, 0.1) is 0 Å². The Morgan fingerprint density at radius 3 is 0.629 bits per heavy atom. The topological polar surface area (TPSA) is 217 Å². The highest BCUT2D eigenvalue weighted by Gasteiger charge is 2.25. The fourth-order valence-corrected chi connectivity index (χ4v) is 1.45. The average molecular weight is 523 g/mol. The van der Waals surface area contributed by atoms with Crippen LogP contribution in [-0.4, -0.2) is 84.8 Å². The molecule has 0 aliphatic carbocycles. The second kappa shape index (κ2) is 21.6. The van der Waals surface area contributed by atoms with Gasteiger partial charge in [-0.15, -0.1) is 0 Å². The third-order valence-corrected chi connectivity index (χ3v) is 4.31. The van der Waals surface area contributed by atoms with Gasteiger partial charge in [0.15, 0.2) is 17.4 Å². The van der Waals surface area contributed by atoms with Gasteiger partial charge in [-0.3, -0.25) is 38.4 Å². The molecule has 0 fully saturated rings. The van der Waals surface area contributed by atoms with E-state index in [-0.39, 0.29) is 46.4 Å². The normalized spacial score (nSPS) is 12.5. The Hall–Kier alpha value is -2.91. The van der Waals surface area contributed by atoms with Gasteiger partial charge in [-0.2, -0.15) is 0 Å². The van der Waals surface area contributed by atoms with Crippen LogP contribution >= 0.6 is 0 Å². The minimum Gasteiger partial charge on any atom is -0.481 e. The molecule has 0 heterocycles. The van der Waals surface area contributed by atoms with Gasteiger partial charge < -0.3 is 20.4 Å². The monoisotopic (exact) mass is 522 g/mol. The van der Waals surface area contributed by atoms with Crippen molar-refractivity contribution in [3.05, 3.63) is 0 Å². The maximum Gasteiger partial charge on any atom is 0.314 e. The van der Waals surface area contributed by atoms with Crippen LogP contribution in [0.4, 0.5) is 0 Å². The molecule has 4 atom stereocenters. The first kappa shape index (κ1) is 42.3. The van der Waals surface area contributed by atoms with E-state index >= 15 is 0 Å². The summed E-state index contributed by atoms with van der Waals surface area (Å²) in [7, 11) is 0. The van der Waals surface area contributed by atoms with Crippen LogP contribution in [0.2, 0.25) is 0 Å². The third kappa shape index (κ3) is 24.0. The molecule has 0 aromatic carbocycles. The van der Waals surface area contributed by atoms with Crippen molar-refractivity contribution in [3.63, 3.8) is 0 Å². The molecule has 0 aliphatic rings. The van der Waals surface area contributed by atoms with E-state index in [2.05, 4.69) is 0 Å². The number of Topliss-reactive ketones (excluding diaryl/α,β-unsaturated/α-hetero) is 4. The molecule has 0 radical (unpaired) electrons. The number of hydrogen-bond acceptors (Lipinski definition) is 8. The van der Waals surface area contributed by atoms with E-state index in [0.717, 1.165) is 0 Å². The van der Waals surface area contributed by atoms with Gasteiger partial charge in [-0.05, 0) is 54.4 Å². The van der Waals surface area contributed by atoms with E-state index in [1.165, 1.54) is 48.5 Å². The fourth-order valence-electron chi connectivity index (χ4n) is 1.45. The summed E-state index contributed by atoms with van der Waals surface area (Å²) in [6.07, 6.45) is 0. The Morgan fingerprint density at radius 2 is 0.629 bits per heavy atom. The quantitative estimate of drug-likeness (QED) is 0.242. The maximum absolute atomic E-state index is 10.6. The molecule has 0 aromatic heterocycles. The molecule has 0 rings (SSSR count).